The van der Waals surface area contributed by atoms with Crippen molar-refractivity contribution in [2.24, 2.45) is 4.99 Å². The first kappa shape index (κ1) is 27.1. The van der Waals surface area contributed by atoms with Crippen LogP contribution in [0.5, 0.6) is 11.5 Å². The summed E-state index contributed by atoms with van der Waals surface area (Å²) in [7, 11) is 5.54. The second-order valence-electron chi connectivity index (χ2n) is 9.81. The molecule has 1 aliphatic rings. The summed E-state index contributed by atoms with van der Waals surface area (Å²) in [5.74, 6) is 1.09. The third-order valence-electron chi connectivity index (χ3n) is 6.85. The maximum atomic E-state index is 13.8. The lowest BCUT2D eigenvalue weighted by atomic mass is 9.93. The van der Waals surface area contributed by atoms with E-state index in [1.807, 2.05) is 105 Å². The van der Waals surface area contributed by atoms with Crippen LogP contribution in [0, 0.1) is 0 Å². The van der Waals surface area contributed by atoms with Crippen molar-refractivity contribution in [2.45, 2.75) is 26.5 Å². The van der Waals surface area contributed by atoms with Crippen molar-refractivity contribution >= 4 is 28.9 Å². The first-order chi connectivity index (χ1) is 19.3. The molecular weight excluding hydrogens is 522 g/mol. The Kier molecular flexibility index (Phi) is 7.71. The fourth-order valence-electron chi connectivity index (χ4n) is 4.82. The molecule has 1 aromatic heterocycles. The normalized spacial score (nSPS) is 14.9. The number of fused-ring (bicyclic) bond motifs is 1. The average molecular weight is 554 g/mol. The number of ether oxygens (including phenoxy) is 2. The van der Waals surface area contributed by atoms with E-state index < -0.39 is 6.04 Å². The van der Waals surface area contributed by atoms with Crippen molar-refractivity contribution in [1.29, 1.82) is 0 Å². The number of hydrogen-bond acceptors (Lipinski definition) is 7. The number of anilines is 1. The van der Waals surface area contributed by atoms with Gasteiger partial charge in [0, 0.05) is 31.1 Å². The summed E-state index contributed by atoms with van der Waals surface area (Å²) in [6.07, 6.45) is 1.83. The van der Waals surface area contributed by atoms with Crippen LogP contribution in [-0.4, -0.2) is 31.6 Å². The van der Waals surface area contributed by atoms with Crippen LogP contribution in [0.1, 0.15) is 36.6 Å². The minimum absolute atomic E-state index is 0.104. The molecule has 204 valence electrons. The smallest absolute Gasteiger partial charge is 0.271 e. The van der Waals surface area contributed by atoms with Crippen molar-refractivity contribution in [3.8, 4) is 11.5 Å². The standard InChI is InChI=1S/C32H31N3O4S/c1-20-29(21(2)36)30(24-12-14-25(15-13-24)34(3)4)35-31(37)28(40-32(35)33-20)18-23-11-16-26(27(17-23)38-5)39-19-22-9-7-6-8-10-22/h6-18,30H,19H2,1-5H3/b28-18+/t30-/m1/s1. The Balaban J connectivity index is 1.54. The molecule has 0 spiro atoms. The summed E-state index contributed by atoms with van der Waals surface area (Å²) in [5.41, 5.74) is 4.71. The molecule has 40 heavy (non-hydrogen) atoms. The molecule has 5 rings (SSSR count). The summed E-state index contributed by atoms with van der Waals surface area (Å²) in [5, 5.41) is 0. The van der Waals surface area contributed by atoms with Crippen LogP contribution in [-0.2, 0) is 11.4 Å². The molecular formula is C32H31N3O4S. The first-order valence-corrected chi connectivity index (χ1v) is 13.7. The van der Waals surface area contributed by atoms with E-state index in [9.17, 15) is 9.59 Å². The molecule has 0 N–H and O–H groups in total. The highest BCUT2D eigenvalue weighted by atomic mass is 32.1. The number of rotatable bonds is 8. The van der Waals surface area contributed by atoms with Gasteiger partial charge in [0.1, 0.15) is 6.61 Å². The molecule has 8 heteroatoms. The van der Waals surface area contributed by atoms with Crippen molar-refractivity contribution in [3.05, 3.63) is 120 Å². The molecule has 1 atom stereocenters. The molecule has 7 nitrogen and oxygen atoms in total. The highest BCUT2D eigenvalue weighted by molar-refractivity contribution is 7.07. The van der Waals surface area contributed by atoms with Crippen molar-refractivity contribution in [1.82, 2.24) is 4.57 Å². The van der Waals surface area contributed by atoms with Crippen LogP contribution in [0.2, 0.25) is 0 Å². The number of Topliss-reactive ketones (excluding diaryl/α,β-unsaturated/α-hetero) is 1. The molecule has 0 saturated carbocycles. The Labute approximate surface area is 237 Å². The van der Waals surface area contributed by atoms with E-state index in [0.717, 1.165) is 22.4 Å². The van der Waals surface area contributed by atoms with Gasteiger partial charge in [0.05, 0.1) is 17.7 Å². The Hall–Kier alpha value is -4.43. The monoisotopic (exact) mass is 553 g/mol. The Morgan fingerprint density at radius 1 is 1.05 bits per heavy atom. The van der Waals surface area contributed by atoms with Gasteiger partial charge in [-0.1, -0.05) is 59.9 Å². The maximum Gasteiger partial charge on any atom is 0.271 e. The molecule has 3 aromatic carbocycles. The molecule has 0 bridgehead atoms. The van der Waals surface area contributed by atoms with Gasteiger partial charge in [0.25, 0.3) is 5.56 Å². The summed E-state index contributed by atoms with van der Waals surface area (Å²) in [4.78, 5) is 33.8. The molecule has 0 fully saturated rings. The topological polar surface area (TPSA) is 73.1 Å². The zero-order valence-corrected chi connectivity index (χ0v) is 24.0. The molecule has 1 aliphatic heterocycles. The van der Waals surface area contributed by atoms with Gasteiger partial charge < -0.3 is 14.4 Å². The van der Waals surface area contributed by atoms with E-state index in [4.69, 9.17) is 9.47 Å². The lowest BCUT2D eigenvalue weighted by molar-refractivity contribution is -0.114. The highest BCUT2D eigenvalue weighted by Gasteiger charge is 2.30. The van der Waals surface area contributed by atoms with Crippen molar-refractivity contribution in [3.63, 3.8) is 0 Å². The van der Waals surface area contributed by atoms with E-state index in [1.165, 1.54) is 18.3 Å². The predicted octanol–water partition coefficient (Wildman–Crippen LogP) is 4.48. The fraction of sp³-hybridized carbons (Fsp3) is 0.219. The number of benzene rings is 3. The van der Waals surface area contributed by atoms with Gasteiger partial charge in [-0.15, -0.1) is 0 Å². The van der Waals surface area contributed by atoms with E-state index in [0.29, 0.717) is 38.7 Å². The number of allylic oxidation sites excluding steroid dienone is 2. The highest BCUT2D eigenvalue weighted by Crippen LogP contribution is 2.32. The number of carbonyl (C=O) groups is 1. The Morgan fingerprint density at radius 3 is 2.42 bits per heavy atom. The molecule has 0 saturated heterocycles. The molecule has 2 heterocycles. The Morgan fingerprint density at radius 2 is 1.77 bits per heavy atom. The third kappa shape index (κ3) is 5.35. The van der Waals surface area contributed by atoms with Crippen LogP contribution in [0.4, 0.5) is 5.69 Å². The van der Waals surface area contributed by atoms with Crippen molar-refractivity contribution in [2.75, 3.05) is 26.1 Å². The number of thiazole rings is 1. The zero-order chi connectivity index (χ0) is 28.4. The SMILES string of the molecule is COc1cc(/C=c2/sc3n(c2=O)[C@H](c2ccc(N(C)C)cc2)C(C(C)=O)=C(C)N=3)ccc1OCc1ccccc1. The van der Waals surface area contributed by atoms with Gasteiger partial charge in [-0.3, -0.25) is 14.2 Å². The number of hydrogen-bond donors (Lipinski definition) is 0. The first-order valence-electron chi connectivity index (χ1n) is 12.9. The van der Waals surface area contributed by atoms with Crippen molar-refractivity contribution < 1.29 is 14.3 Å². The molecule has 0 radical (unpaired) electrons. The minimum Gasteiger partial charge on any atom is -0.493 e. The van der Waals surface area contributed by atoms with E-state index in [1.54, 1.807) is 11.7 Å². The van der Waals surface area contributed by atoms with Gasteiger partial charge in [0.15, 0.2) is 22.1 Å². The van der Waals surface area contributed by atoms with Gasteiger partial charge in [0.2, 0.25) is 0 Å². The summed E-state index contributed by atoms with van der Waals surface area (Å²) in [6, 6.07) is 22.9. The van der Waals surface area contributed by atoms with Crippen LogP contribution in [0.3, 0.4) is 0 Å². The second-order valence-corrected chi connectivity index (χ2v) is 10.8. The average Bonchev–Trinajstić information content (AvgIpc) is 3.25. The number of aromatic nitrogens is 1. The van der Waals surface area contributed by atoms with E-state index in [2.05, 4.69) is 4.99 Å². The number of carbonyl (C=O) groups excluding carboxylic acids is 1. The Bertz CT molecular complexity index is 1770. The second kappa shape index (κ2) is 11.4. The fourth-order valence-corrected chi connectivity index (χ4v) is 5.87. The van der Waals surface area contributed by atoms with Crippen LogP contribution >= 0.6 is 11.3 Å². The van der Waals surface area contributed by atoms with Crippen LogP contribution in [0.15, 0.2) is 93.9 Å². The third-order valence-corrected chi connectivity index (χ3v) is 7.83. The van der Waals surface area contributed by atoms with E-state index in [-0.39, 0.29) is 11.3 Å². The van der Waals surface area contributed by atoms with Gasteiger partial charge in [-0.25, -0.2) is 4.99 Å². The van der Waals surface area contributed by atoms with Gasteiger partial charge in [-0.05, 0) is 60.9 Å². The molecule has 0 unspecified atom stereocenters. The molecule has 4 aromatic rings. The summed E-state index contributed by atoms with van der Waals surface area (Å²) < 4.78 is 13.7. The van der Waals surface area contributed by atoms with Crippen LogP contribution in [0.25, 0.3) is 6.08 Å². The minimum atomic E-state index is -0.546. The number of methoxy groups -OCH3 is 1. The van der Waals surface area contributed by atoms with Crippen LogP contribution < -0.4 is 29.3 Å². The summed E-state index contributed by atoms with van der Waals surface area (Å²) in [6.45, 7) is 3.77. The number of ketones is 1. The van der Waals surface area contributed by atoms with Gasteiger partial charge in [-0.2, -0.15) is 0 Å². The molecule has 0 aliphatic carbocycles. The molecule has 0 amide bonds. The lowest BCUT2D eigenvalue weighted by Gasteiger charge is -2.25. The van der Waals surface area contributed by atoms with Gasteiger partial charge >= 0.3 is 0 Å². The lowest BCUT2D eigenvalue weighted by Crippen LogP contribution is -2.39. The zero-order valence-electron chi connectivity index (χ0n) is 23.2. The maximum absolute atomic E-state index is 13.8. The largest absolute Gasteiger partial charge is 0.493 e. The predicted molar refractivity (Wildman–Crippen MR) is 159 cm³/mol. The quantitative estimate of drug-likeness (QED) is 0.322. The number of nitrogens with zero attached hydrogens (tertiary/aromatic N) is 3. The van der Waals surface area contributed by atoms with E-state index >= 15 is 0 Å². The summed E-state index contributed by atoms with van der Waals surface area (Å²) >= 11 is 1.31.